The third kappa shape index (κ3) is 4.13. The Morgan fingerprint density at radius 3 is 2.61 bits per heavy atom. The Bertz CT molecular complexity index is 635. The maximum atomic E-state index is 12.5. The quantitative estimate of drug-likeness (QED) is 0.807. The Balaban J connectivity index is 1.62. The number of rotatable bonds is 4. The average molecular weight is 330 g/mol. The van der Waals surface area contributed by atoms with Crippen LogP contribution in [0.2, 0.25) is 0 Å². The number of likely N-dealkylation sites (N-methyl/N-ethyl adjacent to an activating group) is 1. The van der Waals surface area contributed by atoms with Gasteiger partial charge in [0.1, 0.15) is 0 Å². The van der Waals surface area contributed by atoms with Crippen LogP contribution in [0.4, 0.5) is 0 Å². The second kappa shape index (κ2) is 7.64. The summed E-state index contributed by atoms with van der Waals surface area (Å²) in [4.78, 5) is 27.4. The van der Waals surface area contributed by atoms with E-state index >= 15 is 0 Å². The first-order chi connectivity index (χ1) is 11.2. The van der Waals surface area contributed by atoms with Crippen molar-refractivity contribution in [2.24, 2.45) is 0 Å². The molecule has 1 fully saturated rings. The Morgan fingerprint density at radius 2 is 1.91 bits per heavy atom. The molecule has 0 saturated heterocycles. The van der Waals surface area contributed by atoms with Gasteiger partial charge >= 0.3 is 0 Å². The SMILES string of the molecule is CN(C(=O)Cc1csc(-c2ncccn2)n1)C1CCCCCC1. The summed E-state index contributed by atoms with van der Waals surface area (Å²) in [6, 6.07) is 2.17. The normalized spacial score (nSPS) is 16.0. The predicted octanol–water partition coefficient (Wildman–Crippen LogP) is 3.32. The molecule has 3 rings (SSSR count). The van der Waals surface area contributed by atoms with E-state index in [2.05, 4.69) is 15.0 Å². The smallest absolute Gasteiger partial charge is 0.228 e. The van der Waals surface area contributed by atoms with Gasteiger partial charge in [-0.3, -0.25) is 4.79 Å². The highest BCUT2D eigenvalue weighted by Gasteiger charge is 2.22. The maximum Gasteiger partial charge on any atom is 0.228 e. The van der Waals surface area contributed by atoms with Gasteiger partial charge in [0.05, 0.1) is 12.1 Å². The number of amides is 1. The Morgan fingerprint density at radius 1 is 1.22 bits per heavy atom. The van der Waals surface area contributed by atoms with Crippen molar-refractivity contribution in [1.82, 2.24) is 19.9 Å². The molecule has 0 aromatic carbocycles. The van der Waals surface area contributed by atoms with Gasteiger partial charge in [-0.2, -0.15) is 0 Å². The molecule has 0 N–H and O–H groups in total. The van der Waals surface area contributed by atoms with E-state index in [1.807, 2.05) is 17.3 Å². The van der Waals surface area contributed by atoms with E-state index in [-0.39, 0.29) is 5.91 Å². The zero-order chi connectivity index (χ0) is 16.1. The van der Waals surface area contributed by atoms with Crippen LogP contribution in [-0.4, -0.2) is 38.8 Å². The summed E-state index contributed by atoms with van der Waals surface area (Å²) in [7, 11) is 1.94. The van der Waals surface area contributed by atoms with E-state index in [4.69, 9.17) is 0 Å². The zero-order valence-corrected chi connectivity index (χ0v) is 14.3. The van der Waals surface area contributed by atoms with Crippen molar-refractivity contribution in [2.75, 3.05) is 7.05 Å². The lowest BCUT2D eigenvalue weighted by atomic mass is 10.1. The average Bonchev–Trinajstić information content (AvgIpc) is 2.88. The van der Waals surface area contributed by atoms with E-state index < -0.39 is 0 Å². The molecule has 23 heavy (non-hydrogen) atoms. The molecule has 2 aromatic heterocycles. The Hall–Kier alpha value is -1.82. The van der Waals surface area contributed by atoms with E-state index in [1.165, 1.54) is 37.0 Å². The molecule has 122 valence electrons. The van der Waals surface area contributed by atoms with Gasteiger partial charge in [-0.15, -0.1) is 11.3 Å². The van der Waals surface area contributed by atoms with Crippen LogP contribution >= 0.6 is 11.3 Å². The molecule has 2 aromatic rings. The first-order valence-corrected chi connectivity index (χ1v) is 9.09. The van der Waals surface area contributed by atoms with Crippen molar-refractivity contribution < 1.29 is 4.79 Å². The Kier molecular flexibility index (Phi) is 5.33. The number of carbonyl (C=O) groups is 1. The van der Waals surface area contributed by atoms with Crippen LogP contribution in [0.3, 0.4) is 0 Å². The molecule has 0 radical (unpaired) electrons. The number of hydrogen-bond acceptors (Lipinski definition) is 5. The number of aromatic nitrogens is 3. The highest BCUT2D eigenvalue weighted by Crippen LogP contribution is 2.23. The molecule has 1 aliphatic rings. The number of hydrogen-bond donors (Lipinski definition) is 0. The van der Waals surface area contributed by atoms with Gasteiger partial charge in [0.2, 0.25) is 5.91 Å². The number of nitrogens with zero attached hydrogens (tertiary/aromatic N) is 4. The third-order valence-electron chi connectivity index (χ3n) is 4.41. The molecule has 1 saturated carbocycles. The monoisotopic (exact) mass is 330 g/mol. The van der Waals surface area contributed by atoms with Crippen molar-refractivity contribution in [3.05, 3.63) is 29.5 Å². The second-order valence-electron chi connectivity index (χ2n) is 6.04. The van der Waals surface area contributed by atoms with Gasteiger partial charge in [-0.1, -0.05) is 25.7 Å². The number of thiazole rings is 1. The molecule has 0 spiro atoms. The number of carbonyl (C=O) groups excluding carboxylic acids is 1. The lowest BCUT2D eigenvalue weighted by Crippen LogP contribution is -2.37. The van der Waals surface area contributed by atoms with Crippen molar-refractivity contribution in [2.45, 2.75) is 51.0 Å². The van der Waals surface area contributed by atoms with Gasteiger partial charge < -0.3 is 4.90 Å². The van der Waals surface area contributed by atoms with Crippen LogP contribution in [0.5, 0.6) is 0 Å². The van der Waals surface area contributed by atoms with Crippen LogP contribution in [0.15, 0.2) is 23.8 Å². The van der Waals surface area contributed by atoms with Gasteiger partial charge in [-0.25, -0.2) is 15.0 Å². The van der Waals surface area contributed by atoms with Crippen molar-refractivity contribution >= 4 is 17.2 Å². The second-order valence-corrected chi connectivity index (χ2v) is 6.90. The van der Waals surface area contributed by atoms with Crippen molar-refractivity contribution in [1.29, 1.82) is 0 Å². The summed E-state index contributed by atoms with van der Waals surface area (Å²) in [6.07, 6.45) is 11.1. The molecule has 0 aliphatic heterocycles. The molecule has 5 nitrogen and oxygen atoms in total. The van der Waals surface area contributed by atoms with E-state index in [0.29, 0.717) is 18.3 Å². The summed E-state index contributed by atoms with van der Waals surface area (Å²) >= 11 is 1.49. The molecule has 0 unspecified atom stereocenters. The minimum absolute atomic E-state index is 0.155. The minimum Gasteiger partial charge on any atom is -0.342 e. The fourth-order valence-electron chi connectivity index (χ4n) is 3.03. The molecule has 1 aliphatic carbocycles. The van der Waals surface area contributed by atoms with Gasteiger partial charge in [0.25, 0.3) is 0 Å². The van der Waals surface area contributed by atoms with Gasteiger partial charge in [0, 0.05) is 30.9 Å². The molecule has 0 bridgehead atoms. The van der Waals surface area contributed by atoms with E-state index in [0.717, 1.165) is 23.5 Å². The maximum absolute atomic E-state index is 12.5. The van der Waals surface area contributed by atoms with Crippen molar-refractivity contribution in [3.63, 3.8) is 0 Å². The fourth-order valence-corrected chi connectivity index (χ4v) is 3.79. The highest BCUT2D eigenvalue weighted by molar-refractivity contribution is 7.13. The summed E-state index contributed by atoms with van der Waals surface area (Å²) < 4.78 is 0. The van der Waals surface area contributed by atoms with Crippen LogP contribution in [0, 0.1) is 0 Å². The predicted molar refractivity (Wildman–Crippen MR) is 91.1 cm³/mol. The largest absolute Gasteiger partial charge is 0.342 e. The topological polar surface area (TPSA) is 59.0 Å². The van der Waals surface area contributed by atoms with Gasteiger partial charge in [-0.05, 0) is 18.9 Å². The lowest BCUT2D eigenvalue weighted by Gasteiger charge is -2.27. The summed E-state index contributed by atoms with van der Waals surface area (Å²) in [5, 5.41) is 2.70. The van der Waals surface area contributed by atoms with Crippen LogP contribution in [0.25, 0.3) is 10.8 Å². The molecule has 6 heteroatoms. The zero-order valence-electron chi connectivity index (χ0n) is 13.4. The van der Waals surface area contributed by atoms with E-state index in [1.54, 1.807) is 18.5 Å². The van der Waals surface area contributed by atoms with Crippen LogP contribution in [0.1, 0.15) is 44.2 Å². The molecular formula is C17H22N4OS. The van der Waals surface area contributed by atoms with Gasteiger partial charge in [0.15, 0.2) is 10.8 Å². The highest BCUT2D eigenvalue weighted by atomic mass is 32.1. The van der Waals surface area contributed by atoms with Crippen LogP contribution < -0.4 is 0 Å². The first-order valence-electron chi connectivity index (χ1n) is 8.21. The summed E-state index contributed by atoms with van der Waals surface area (Å²) in [5.74, 6) is 0.774. The molecule has 0 atom stereocenters. The van der Waals surface area contributed by atoms with Crippen LogP contribution in [-0.2, 0) is 11.2 Å². The Labute approximate surface area is 140 Å². The molecular weight excluding hydrogens is 308 g/mol. The minimum atomic E-state index is 0.155. The summed E-state index contributed by atoms with van der Waals surface area (Å²) in [6.45, 7) is 0. The molecule has 1 amide bonds. The lowest BCUT2D eigenvalue weighted by molar-refractivity contribution is -0.131. The fraction of sp³-hybridized carbons (Fsp3) is 0.529. The standard InChI is InChI=1S/C17H22N4OS/c1-21(14-7-4-2-3-5-8-14)15(22)11-13-12-23-17(20-13)16-18-9-6-10-19-16/h6,9-10,12,14H,2-5,7-8,11H2,1H3. The van der Waals surface area contributed by atoms with E-state index in [9.17, 15) is 4.79 Å². The third-order valence-corrected chi connectivity index (χ3v) is 5.29. The summed E-state index contributed by atoms with van der Waals surface area (Å²) in [5.41, 5.74) is 0.808. The first kappa shape index (κ1) is 16.1. The van der Waals surface area contributed by atoms with Crippen molar-refractivity contribution in [3.8, 4) is 10.8 Å². The molecule has 2 heterocycles.